The summed E-state index contributed by atoms with van der Waals surface area (Å²) in [6, 6.07) is 0. The minimum Gasteiger partial charge on any atom is -0.392 e. The lowest BCUT2D eigenvalue weighted by molar-refractivity contribution is -0.104. The van der Waals surface area contributed by atoms with Gasteiger partial charge in [-0.25, -0.2) is 0 Å². The van der Waals surface area contributed by atoms with Gasteiger partial charge in [0.25, 0.3) is 0 Å². The van der Waals surface area contributed by atoms with Crippen molar-refractivity contribution < 1.29 is 9.90 Å². The lowest BCUT2D eigenvalue weighted by Gasteiger charge is -1.84. The van der Waals surface area contributed by atoms with Crippen LogP contribution < -0.4 is 0 Å². The Kier molecular flexibility index (Phi) is 4.73. The summed E-state index contributed by atoms with van der Waals surface area (Å²) >= 11 is 0. The largest absolute Gasteiger partial charge is 0.392 e. The topological polar surface area (TPSA) is 37.3 Å². The molecule has 0 amide bonds. The zero-order valence-corrected chi connectivity index (χ0v) is 5.37. The molecule has 0 unspecified atom stereocenters. The lowest BCUT2D eigenvalue weighted by atomic mass is 10.3. The van der Waals surface area contributed by atoms with E-state index < -0.39 is 0 Å². The van der Waals surface area contributed by atoms with Crippen molar-refractivity contribution in [2.24, 2.45) is 0 Å². The standard InChI is InChI=1S/C7H10O2/c1-7(4-6-9)3-2-5-8/h2-5,9H,6H2,1H3/b3-2+,7-4+. The Morgan fingerprint density at radius 3 is 2.78 bits per heavy atom. The molecule has 2 heteroatoms. The van der Waals surface area contributed by atoms with Gasteiger partial charge in [0.15, 0.2) is 0 Å². The molecular weight excluding hydrogens is 116 g/mol. The van der Waals surface area contributed by atoms with Crippen LogP contribution in [-0.2, 0) is 4.79 Å². The summed E-state index contributed by atoms with van der Waals surface area (Å²) in [6.07, 6.45) is 5.36. The summed E-state index contributed by atoms with van der Waals surface area (Å²) in [4.78, 5) is 9.74. The molecule has 1 N–H and O–H groups in total. The third-order valence-corrected chi connectivity index (χ3v) is 0.851. The van der Waals surface area contributed by atoms with Crippen molar-refractivity contribution >= 4 is 6.29 Å². The summed E-state index contributed by atoms with van der Waals surface area (Å²) in [6.45, 7) is 1.84. The van der Waals surface area contributed by atoms with E-state index >= 15 is 0 Å². The molecule has 2 nitrogen and oxygen atoms in total. The number of allylic oxidation sites excluding steroid dienone is 3. The third-order valence-electron chi connectivity index (χ3n) is 0.851. The fourth-order valence-electron chi connectivity index (χ4n) is 0.403. The molecule has 0 aliphatic heterocycles. The fraction of sp³-hybridized carbons (Fsp3) is 0.286. The molecule has 0 bridgehead atoms. The zero-order valence-electron chi connectivity index (χ0n) is 5.37. The molecule has 0 atom stereocenters. The summed E-state index contributed by atoms with van der Waals surface area (Å²) in [5, 5.41) is 8.34. The van der Waals surface area contributed by atoms with E-state index in [-0.39, 0.29) is 6.61 Å². The molecule has 0 spiro atoms. The monoisotopic (exact) mass is 126 g/mol. The molecule has 0 radical (unpaired) electrons. The highest BCUT2D eigenvalue weighted by Gasteiger charge is 1.76. The van der Waals surface area contributed by atoms with Crippen molar-refractivity contribution in [2.75, 3.05) is 6.61 Å². The van der Waals surface area contributed by atoms with E-state index in [1.165, 1.54) is 6.08 Å². The SMILES string of the molecule is CC(/C=C/C=O)=C\CO. The minimum atomic E-state index is 0.0228. The van der Waals surface area contributed by atoms with Crippen molar-refractivity contribution in [2.45, 2.75) is 6.92 Å². The first-order valence-corrected chi connectivity index (χ1v) is 2.70. The first-order valence-electron chi connectivity index (χ1n) is 2.70. The van der Waals surface area contributed by atoms with Crippen molar-refractivity contribution in [1.82, 2.24) is 0 Å². The van der Waals surface area contributed by atoms with Crippen molar-refractivity contribution in [3.05, 3.63) is 23.8 Å². The number of carbonyl (C=O) groups is 1. The second-order valence-electron chi connectivity index (χ2n) is 1.63. The highest BCUT2D eigenvalue weighted by molar-refractivity contribution is 5.65. The highest BCUT2D eigenvalue weighted by atomic mass is 16.2. The molecule has 0 saturated carbocycles. The van der Waals surface area contributed by atoms with Gasteiger partial charge < -0.3 is 5.11 Å². The van der Waals surface area contributed by atoms with Gasteiger partial charge in [-0.05, 0) is 13.0 Å². The van der Waals surface area contributed by atoms with Crippen molar-refractivity contribution in [1.29, 1.82) is 0 Å². The van der Waals surface area contributed by atoms with Crippen LogP contribution >= 0.6 is 0 Å². The van der Waals surface area contributed by atoms with Crippen LogP contribution in [0.15, 0.2) is 23.8 Å². The smallest absolute Gasteiger partial charge is 0.142 e. The number of aliphatic hydroxyl groups excluding tert-OH is 1. The molecule has 0 aliphatic carbocycles. The average molecular weight is 126 g/mol. The van der Waals surface area contributed by atoms with E-state index in [1.54, 1.807) is 12.2 Å². The molecule has 50 valence electrons. The Morgan fingerprint density at radius 2 is 2.33 bits per heavy atom. The maximum absolute atomic E-state index is 9.74. The van der Waals surface area contributed by atoms with Crippen LogP contribution in [0.2, 0.25) is 0 Å². The molecule has 0 rings (SSSR count). The minimum absolute atomic E-state index is 0.0228. The van der Waals surface area contributed by atoms with Gasteiger partial charge in [0.05, 0.1) is 6.61 Å². The van der Waals surface area contributed by atoms with E-state index in [0.29, 0.717) is 6.29 Å². The van der Waals surface area contributed by atoms with E-state index in [1.807, 2.05) is 6.92 Å². The lowest BCUT2D eigenvalue weighted by Crippen LogP contribution is -1.75. The second kappa shape index (κ2) is 5.25. The number of aliphatic hydroxyl groups is 1. The summed E-state index contributed by atoms with van der Waals surface area (Å²) in [5.74, 6) is 0. The molecule has 0 saturated heterocycles. The summed E-state index contributed by atoms with van der Waals surface area (Å²) in [5.41, 5.74) is 0.893. The average Bonchev–Trinajstić information content (AvgIpc) is 1.85. The molecule has 0 aromatic heterocycles. The Bertz CT molecular complexity index is 134. The number of rotatable bonds is 3. The Balaban J connectivity index is 3.74. The van der Waals surface area contributed by atoms with E-state index in [4.69, 9.17) is 5.11 Å². The molecule has 0 aromatic rings. The van der Waals surface area contributed by atoms with Crippen LogP contribution in [0.25, 0.3) is 0 Å². The van der Waals surface area contributed by atoms with Gasteiger partial charge in [-0.15, -0.1) is 0 Å². The predicted octanol–water partition coefficient (Wildman–Crippen LogP) is 0.680. The van der Waals surface area contributed by atoms with Gasteiger partial charge in [-0.2, -0.15) is 0 Å². The Hall–Kier alpha value is -0.890. The van der Waals surface area contributed by atoms with Gasteiger partial charge in [0.2, 0.25) is 0 Å². The summed E-state index contributed by atoms with van der Waals surface area (Å²) in [7, 11) is 0. The van der Waals surface area contributed by atoms with Crippen LogP contribution in [0.1, 0.15) is 6.92 Å². The Labute approximate surface area is 54.5 Å². The maximum Gasteiger partial charge on any atom is 0.142 e. The van der Waals surface area contributed by atoms with Crippen molar-refractivity contribution in [3.63, 3.8) is 0 Å². The quantitative estimate of drug-likeness (QED) is 0.343. The van der Waals surface area contributed by atoms with Gasteiger partial charge in [-0.1, -0.05) is 17.7 Å². The molecule has 9 heavy (non-hydrogen) atoms. The predicted molar refractivity (Wildman–Crippen MR) is 36.0 cm³/mol. The highest BCUT2D eigenvalue weighted by Crippen LogP contribution is 1.91. The normalized spacial score (nSPS) is 12.4. The van der Waals surface area contributed by atoms with Crippen LogP contribution in [-0.4, -0.2) is 18.0 Å². The number of hydrogen-bond acceptors (Lipinski definition) is 2. The van der Waals surface area contributed by atoms with E-state index in [2.05, 4.69) is 0 Å². The van der Waals surface area contributed by atoms with Crippen molar-refractivity contribution in [3.8, 4) is 0 Å². The molecule has 0 aliphatic rings. The fourth-order valence-corrected chi connectivity index (χ4v) is 0.403. The van der Waals surface area contributed by atoms with Gasteiger partial charge in [0, 0.05) is 0 Å². The molecule has 0 fully saturated rings. The number of aldehydes is 1. The van der Waals surface area contributed by atoms with E-state index in [9.17, 15) is 4.79 Å². The summed E-state index contributed by atoms with van der Waals surface area (Å²) < 4.78 is 0. The first kappa shape index (κ1) is 8.11. The number of carbonyl (C=O) groups excluding carboxylic acids is 1. The maximum atomic E-state index is 9.74. The van der Waals surface area contributed by atoms with E-state index in [0.717, 1.165) is 5.57 Å². The van der Waals surface area contributed by atoms with Crippen LogP contribution in [0, 0.1) is 0 Å². The van der Waals surface area contributed by atoms with Gasteiger partial charge in [0.1, 0.15) is 6.29 Å². The van der Waals surface area contributed by atoms with Gasteiger partial charge in [-0.3, -0.25) is 4.79 Å². The third kappa shape index (κ3) is 4.97. The molecule has 0 aromatic carbocycles. The van der Waals surface area contributed by atoms with Crippen LogP contribution in [0.3, 0.4) is 0 Å². The first-order chi connectivity index (χ1) is 4.31. The molecule has 0 heterocycles. The number of hydrogen-bond donors (Lipinski definition) is 1. The van der Waals surface area contributed by atoms with Crippen LogP contribution in [0.4, 0.5) is 0 Å². The van der Waals surface area contributed by atoms with Crippen LogP contribution in [0.5, 0.6) is 0 Å². The zero-order chi connectivity index (χ0) is 7.11. The van der Waals surface area contributed by atoms with Gasteiger partial charge >= 0.3 is 0 Å². The Morgan fingerprint density at radius 1 is 1.67 bits per heavy atom. The molecular formula is C7H10O2. The second-order valence-corrected chi connectivity index (χ2v) is 1.63.